The molecule has 0 spiro atoms. The normalized spacial score (nSPS) is 34.5. The number of fused-ring (bicyclic) bond motifs is 1. The van der Waals surface area contributed by atoms with E-state index in [0.717, 1.165) is 38.5 Å². The van der Waals surface area contributed by atoms with Crippen LogP contribution in [-0.2, 0) is 47.7 Å². The summed E-state index contributed by atoms with van der Waals surface area (Å²) in [7, 11) is 0. The largest absolute Gasteiger partial charge is 0.459 e. The van der Waals surface area contributed by atoms with Crippen molar-refractivity contribution < 1.29 is 52.8 Å². The van der Waals surface area contributed by atoms with Crippen molar-refractivity contribution in [3.8, 4) is 6.07 Å². The molecule has 7 saturated carbocycles. The van der Waals surface area contributed by atoms with Gasteiger partial charge in [0.15, 0.2) is 12.0 Å². The van der Waals surface area contributed by atoms with E-state index >= 15 is 0 Å². The molecule has 7 unspecified atom stereocenters. The summed E-state index contributed by atoms with van der Waals surface area (Å²) in [6, 6.07) is 2.10. The zero-order valence-corrected chi connectivity index (χ0v) is 36.4. The highest BCUT2D eigenvalue weighted by molar-refractivity contribution is 5.85. The first kappa shape index (κ1) is 44.9. The Bertz CT molecular complexity index is 1600. The van der Waals surface area contributed by atoms with Gasteiger partial charge in [-0.25, -0.2) is 4.79 Å². The fraction of sp³-hybridized carbons (Fsp3) is 0.867. The van der Waals surface area contributed by atoms with E-state index in [1.54, 1.807) is 13.8 Å². The molecular weight excluding hydrogens is 730 g/mol. The molecule has 8 fully saturated rings. The second kappa shape index (κ2) is 15.8. The van der Waals surface area contributed by atoms with Gasteiger partial charge >= 0.3 is 29.8 Å². The number of esters is 5. The van der Waals surface area contributed by atoms with Gasteiger partial charge in [0.2, 0.25) is 0 Å². The molecule has 6 bridgehead atoms. The minimum Gasteiger partial charge on any atom is -0.459 e. The van der Waals surface area contributed by atoms with Gasteiger partial charge in [0.25, 0.3) is 0 Å². The van der Waals surface area contributed by atoms with Crippen LogP contribution in [0.2, 0.25) is 0 Å². The highest BCUT2D eigenvalue weighted by Crippen LogP contribution is 2.62. The second-order valence-electron chi connectivity index (χ2n) is 21.0. The molecule has 0 aromatic carbocycles. The van der Waals surface area contributed by atoms with Gasteiger partial charge in [0, 0.05) is 18.3 Å². The molecule has 320 valence electrons. The van der Waals surface area contributed by atoms with E-state index < -0.39 is 58.6 Å². The maximum atomic E-state index is 12.4. The maximum Gasteiger partial charge on any atom is 0.344 e. The molecule has 12 heteroatoms. The third-order valence-electron chi connectivity index (χ3n) is 14.9. The van der Waals surface area contributed by atoms with Gasteiger partial charge in [-0.2, -0.15) is 5.26 Å². The van der Waals surface area contributed by atoms with E-state index in [0.29, 0.717) is 43.4 Å². The van der Waals surface area contributed by atoms with E-state index in [-0.39, 0.29) is 40.4 Å². The Morgan fingerprint density at radius 1 is 0.807 bits per heavy atom. The standard InChI is InChI=1S/C17H21NO6.C16H26O3.C12H22O2/c1-4-16(2,3)14(20)22-7-11(19)23-12-9-5-10-13(12)24-15(21)17(10,6-9)8-18;1-4-14(2,3)13(17)19-16-8-11-5-12(9-16)7-15(18,6-11)10-16;1-6-11(2,3)10(13)14-12(4,5)9-7-8-9/h9-10,12-13H,4-7H2,1-3H3;11-12,18H,4-10H2,1-3H3;9H,6-8H2,1-5H3. The number of rotatable bonds is 12. The summed E-state index contributed by atoms with van der Waals surface area (Å²) in [5.74, 6) is -0.317. The first-order valence-corrected chi connectivity index (χ1v) is 21.5. The van der Waals surface area contributed by atoms with Crippen molar-refractivity contribution in [1.29, 1.82) is 5.26 Å². The molecule has 8 rings (SSSR count). The Morgan fingerprint density at radius 3 is 1.86 bits per heavy atom. The number of hydrogen-bond donors (Lipinski definition) is 1. The van der Waals surface area contributed by atoms with Crippen molar-refractivity contribution in [3.63, 3.8) is 0 Å². The van der Waals surface area contributed by atoms with Crippen molar-refractivity contribution in [3.05, 3.63) is 0 Å². The summed E-state index contributed by atoms with van der Waals surface area (Å²) < 4.78 is 27.3. The number of nitriles is 1. The topological polar surface area (TPSA) is 176 Å². The van der Waals surface area contributed by atoms with Crippen LogP contribution in [0.5, 0.6) is 0 Å². The Balaban J connectivity index is 0.000000169. The Kier molecular flexibility index (Phi) is 12.4. The van der Waals surface area contributed by atoms with Crippen LogP contribution in [0.15, 0.2) is 0 Å². The van der Waals surface area contributed by atoms with Crippen LogP contribution in [0.3, 0.4) is 0 Å². The molecule has 0 aromatic heterocycles. The maximum absolute atomic E-state index is 12.4. The van der Waals surface area contributed by atoms with Crippen molar-refractivity contribution >= 4 is 29.8 Å². The van der Waals surface area contributed by atoms with Gasteiger partial charge in [0.05, 0.1) is 27.9 Å². The van der Waals surface area contributed by atoms with Gasteiger partial charge in [-0.05, 0) is 150 Å². The zero-order valence-electron chi connectivity index (χ0n) is 36.4. The van der Waals surface area contributed by atoms with Crippen LogP contribution in [0, 0.1) is 62.6 Å². The number of carbonyl (C=O) groups excluding carboxylic acids is 5. The van der Waals surface area contributed by atoms with E-state index in [9.17, 15) is 34.3 Å². The lowest BCUT2D eigenvalue weighted by molar-refractivity contribution is -0.225. The minimum atomic E-state index is -1.06. The molecule has 7 aliphatic carbocycles. The van der Waals surface area contributed by atoms with Crippen LogP contribution < -0.4 is 0 Å². The molecule has 7 atom stereocenters. The van der Waals surface area contributed by atoms with Crippen LogP contribution in [0.4, 0.5) is 0 Å². The molecule has 0 radical (unpaired) electrons. The lowest BCUT2D eigenvalue weighted by Gasteiger charge is -2.59. The van der Waals surface area contributed by atoms with Crippen LogP contribution in [0.1, 0.15) is 160 Å². The Labute approximate surface area is 339 Å². The van der Waals surface area contributed by atoms with Gasteiger partial charge in [0.1, 0.15) is 23.4 Å². The highest BCUT2D eigenvalue weighted by Gasteiger charge is 2.72. The molecule has 1 heterocycles. The van der Waals surface area contributed by atoms with Crippen LogP contribution >= 0.6 is 0 Å². The van der Waals surface area contributed by atoms with Crippen LogP contribution in [-0.4, -0.2) is 70.6 Å². The Hall–Kier alpha value is -3.20. The van der Waals surface area contributed by atoms with Crippen LogP contribution in [0.25, 0.3) is 0 Å². The summed E-state index contributed by atoms with van der Waals surface area (Å²) in [4.78, 5) is 60.1. The smallest absolute Gasteiger partial charge is 0.344 e. The van der Waals surface area contributed by atoms with Gasteiger partial charge in [-0.3, -0.25) is 19.2 Å². The monoisotopic (exact) mass is 799 g/mol. The zero-order chi connectivity index (χ0) is 42.6. The molecule has 1 aliphatic heterocycles. The molecule has 1 saturated heterocycles. The highest BCUT2D eigenvalue weighted by atomic mass is 16.6. The van der Waals surface area contributed by atoms with Gasteiger partial charge in [-0.15, -0.1) is 0 Å². The summed E-state index contributed by atoms with van der Waals surface area (Å²) in [5.41, 5.74) is -3.64. The average Bonchev–Trinajstić information content (AvgIpc) is 3.81. The minimum absolute atomic E-state index is 0.0576. The predicted molar refractivity (Wildman–Crippen MR) is 209 cm³/mol. The fourth-order valence-electron chi connectivity index (χ4n) is 10.1. The van der Waals surface area contributed by atoms with E-state index in [4.69, 9.17) is 23.7 Å². The average molecular weight is 800 g/mol. The Morgan fingerprint density at radius 2 is 1.35 bits per heavy atom. The predicted octanol–water partition coefficient (Wildman–Crippen LogP) is 7.56. The quantitative estimate of drug-likeness (QED) is 0.152. The molecule has 12 nitrogen and oxygen atoms in total. The first-order valence-electron chi connectivity index (χ1n) is 21.5. The lowest BCUT2D eigenvalue weighted by atomic mass is 9.52. The number of nitrogens with zero attached hydrogens (tertiary/aromatic N) is 1. The molecular formula is C45H69NO11. The van der Waals surface area contributed by atoms with E-state index in [2.05, 4.69) is 6.07 Å². The number of carbonyl (C=O) groups is 5. The summed E-state index contributed by atoms with van der Waals surface area (Å²) in [6.07, 6.45) is 10.2. The van der Waals surface area contributed by atoms with E-state index in [1.807, 2.05) is 62.3 Å². The van der Waals surface area contributed by atoms with Gasteiger partial charge < -0.3 is 28.8 Å². The first-order chi connectivity index (χ1) is 26.3. The van der Waals surface area contributed by atoms with Crippen molar-refractivity contribution in [2.24, 2.45) is 51.2 Å². The third kappa shape index (κ3) is 9.18. The van der Waals surface area contributed by atoms with Crippen molar-refractivity contribution in [2.45, 2.75) is 189 Å². The van der Waals surface area contributed by atoms with Crippen molar-refractivity contribution in [2.75, 3.05) is 6.61 Å². The SMILES string of the molecule is CCC(C)(C)C(=O)OC(C)(C)C1CC1.CCC(C)(C)C(=O)OC12CC3CC(CC(O)(C3)C1)C2.CCC(C)(C)C(=O)OCC(=O)OC1C2CC3C1OC(=O)C3(C#N)C2. The molecule has 57 heavy (non-hydrogen) atoms. The summed E-state index contributed by atoms with van der Waals surface area (Å²) >= 11 is 0. The number of hydrogen-bond acceptors (Lipinski definition) is 12. The molecule has 0 aromatic rings. The molecule has 8 aliphatic rings. The fourth-order valence-corrected chi connectivity index (χ4v) is 10.1. The van der Waals surface area contributed by atoms with E-state index in [1.165, 1.54) is 19.3 Å². The van der Waals surface area contributed by atoms with Crippen molar-refractivity contribution in [1.82, 2.24) is 0 Å². The molecule has 1 N–H and O–H groups in total. The molecule has 0 amide bonds. The number of ether oxygens (including phenoxy) is 5. The van der Waals surface area contributed by atoms with Gasteiger partial charge in [-0.1, -0.05) is 20.8 Å². The lowest BCUT2D eigenvalue weighted by Crippen LogP contribution is -2.61. The summed E-state index contributed by atoms with van der Waals surface area (Å²) in [5, 5.41) is 20.0. The second-order valence-corrected chi connectivity index (χ2v) is 21.0. The number of aliphatic hydroxyl groups is 1. The summed E-state index contributed by atoms with van der Waals surface area (Å²) in [6.45, 7) is 20.8. The third-order valence-corrected chi connectivity index (χ3v) is 14.9.